The van der Waals surface area contributed by atoms with Crippen molar-refractivity contribution in [2.24, 2.45) is 0 Å². The van der Waals surface area contributed by atoms with Crippen LogP contribution in [0.1, 0.15) is 16.9 Å². The smallest absolute Gasteiger partial charge is 0.311 e. The highest BCUT2D eigenvalue weighted by atomic mass is 16.4. The summed E-state index contributed by atoms with van der Waals surface area (Å²) < 4.78 is 4.90. The molecule has 1 heterocycles. The lowest BCUT2D eigenvalue weighted by molar-refractivity contribution is -0.138. The molecule has 0 aromatic carbocycles. The molecule has 92 valence electrons. The molecule has 1 rings (SSSR count). The SMILES string of the molecule is O=C(O)Cc1coc(CC(=O)O)c1CC(=O)O. The van der Waals surface area contributed by atoms with Gasteiger partial charge in [0.1, 0.15) is 12.2 Å². The molecule has 0 bridgehead atoms. The molecular weight excluding hydrogens is 232 g/mol. The first-order valence-corrected chi connectivity index (χ1v) is 4.63. The van der Waals surface area contributed by atoms with Gasteiger partial charge in [0.15, 0.2) is 0 Å². The highest BCUT2D eigenvalue weighted by Crippen LogP contribution is 2.19. The number of hydrogen-bond acceptors (Lipinski definition) is 4. The predicted octanol–water partition coefficient (Wildman–Crippen LogP) is 0.161. The van der Waals surface area contributed by atoms with Crippen LogP contribution in [-0.4, -0.2) is 33.2 Å². The van der Waals surface area contributed by atoms with E-state index in [1.165, 1.54) is 0 Å². The molecular formula is C10H10O7. The standard InChI is InChI=1S/C10H10O7/c11-8(12)1-5-4-17-7(3-10(15)16)6(5)2-9(13)14/h4H,1-3H2,(H,11,12)(H,13,14)(H,15,16). The van der Waals surface area contributed by atoms with E-state index in [0.29, 0.717) is 0 Å². The summed E-state index contributed by atoms with van der Waals surface area (Å²) in [6.07, 6.45) is -0.236. The Kier molecular flexibility index (Phi) is 3.86. The predicted molar refractivity (Wildman–Crippen MR) is 52.7 cm³/mol. The maximum Gasteiger partial charge on any atom is 0.311 e. The molecule has 0 amide bonds. The fourth-order valence-electron chi connectivity index (χ4n) is 1.42. The Hall–Kier alpha value is -2.31. The van der Waals surface area contributed by atoms with Crippen molar-refractivity contribution in [2.45, 2.75) is 19.3 Å². The van der Waals surface area contributed by atoms with E-state index in [0.717, 1.165) is 6.26 Å². The van der Waals surface area contributed by atoms with Crippen molar-refractivity contribution in [1.29, 1.82) is 0 Å². The molecule has 0 saturated carbocycles. The Labute approximate surface area is 95.3 Å². The molecule has 0 saturated heterocycles. The molecule has 1 aromatic rings. The molecule has 0 aliphatic heterocycles. The molecule has 0 unspecified atom stereocenters. The molecule has 7 heteroatoms. The second-order valence-corrected chi connectivity index (χ2v) is 3.37. The first-order valence-electron chi connectivity index (χ1n) is 4.63. The number of carbonyl (C=O) groups is 3. The molecule has 0 atom stereocenters. The third-order valence-corrected chi connectivity index (χ3v) is 2.05. The molecule has 0 aliphatic rings. The van der Waals surface area contributed by atoms with Crippen molar-refractivity contribution in [3.8, 4) is 0 Å². The third kappa shape index (κ3) is 3.63. The zero-order valence-corrected chi connectivity index (χ0v) is 8.67. The summed E-state index contributed by atoms with van der Waals surface area (Å²) in [6, 6.07) is 0. The number of hydrogen-bond donors (Lipinski definition) is 3. The van der Waals surface area contributed by atoms with Gasteiger partial charge >= 0.3 is 17.9 Å². The van der Waals surface area contributed by atoms with Gasteiger partial charge in [-0.2, -0.15) is 0 Å². The Morgan fingerprint density at radius 1 is 0.941 bits per heavy atom. The van der Waals surface area contributed by atoms with E-state index in [2.05, 4.69) is 0 Å². The summed E-state index contributed by atoms with van der Waals surface area (Å²) >= 11 is 0. The first kappa shape index (κ1) is 12.8. The Morgan fingerprint density at radius 2 is 1.47 bits per heavy atom. The van der Waals surface area contributed by atoms with E-state index in [-0.39, 0.29) is 16.9 Å². The lowest BCUT2D eigenvalue weighted by Crippen LogP contribution is -2.09. The van der Waals surface area contributed by atoms with Gasteiger partial charge in [0.05, 0.1) is 19.1 Å². The van der Waals surface area contributed by atoms with Crippen LogP contribution in [0, 0.1) is 0 Å². The van der Waals surface area contributed by atoms with Crippen molar-refractivity contribution in [2.75, 3.05) is 0 Å². The van der Waals surface area contributed by atoms with Crippen LogP contribution in [0.3, 0.4) is 0 Å². The summed E-state index contributed by atoms with van der Waals surface area (Å²) in [7, 11) is 0. The lowest BCUT2D eigenvalue weighted by Gasteiger charge is -2.00. The fourth-order valence-corrected chi connectivity index (χ4v) is 1.42. The van der Waals surface area contributed by atoms with Crippen molar-refractivity contribution < 1.29 is 34.1 Å². The summed E-state index contributed by atoms with van der Waals surface area (Å²) in [4.78, 5) is 31.7. The number of carboxylic acids is 3. The minimum absolute atomic E-state index is 0.0175. The summed E-state index contributed by atoms with van der Waals surface area (Å²) in [6.45, 7) is 0. The Bertz CT molecular complexity index is 424. The van der Waals surface area contributed by atoms with Crippen molar-refractivity contribution in [1.82, 2.24) is 0 Å². The molecule has 3 N–H and O–H groups in total. The highest BCUT2D eigenvalue weighted by molar-refractivity contribution is 5.76. The van der Waals surface area contributed by atoms with Crippen LogP contribution in [0.4, 0.5) is 0 Å². The second kappa shape index (κ2) is 5.15. The minimum Gasteiger partial charge on any atom is -0.481 e. The number of aliphatic carboxylic acids is 3. The van der Waals surface area contributed by atoms with Crippen molar-refractivity contribution in [3.05, 3.63) is 23.2 Å². The van der Waals surface area contributed by atoms with Crippen LogP contribution >= 0.6 is 0 Å². The van der Waals surface area contributed by atoms with E-state index in [1.54, 1.807) is 0 Å². The monoisotopic (exact) mass is 242 g/mol. The maximum atomic E-state index is 10.6. The average molecular weight is 242 g/mol. The van der Waals surface area contributed by atoms with Crippen LogP contribution in [0.25, 0.3) is 0 Å². The normalized spacial score (nSPS) is 10.1. The van der Waals surface area contributed by atoms with Crippen molar-refractivity contribution in [3.63, 3.8) is 0 Å². The largest absolute Gasteiger partial charge is 0.481 e. The van der Waals surface area contributed by atoms with E-state index in [1.807, 2.05) is 0 Å². The van der Waals surface area contributed by atoms with Crippen LogP contribution in [-0.2, 0) is 33.6 Å². The summed E-state index contributed by atoms with van der Waals surface area (Å²) in [5.74, 6) is -3.51. The molecule has 17 heavy (non-hydrogen) atoms. The highest BCUT2D eigenvalue weighted by Gasteiger charge is 2.19. The zero-order valence-electron chi connectivity index (χ0n) is 8.67. The summed E-state index contributed by atoms with van der Waals surface area (Å²) in [5, 5.41) is 25.9. The van der Waals surface area contributed by atoms with Gasteiger partial charge in [0.25, 0.3) is 0 Å². The molecule has 7 nitrogen and oxygen atoms in total. The maximum absolute atomic E-state index is 10.6. The van der Waals surface area contributed by atoms with E-state index in [4.69, 9.17) is 19.7 Å². The van der Waals surface area contributed by atoms with Gasteiger partial charge in [-0.25, -0.2) is 0 Å². The number of carboxylic acid groups (broad SMARTS) is 3. The minimum atomic E-state index is -1.18. The lowest BCUT2D eigenvalue weighted by atomic mass is 10.0. The van der Waals surface area contributed by atoms with Crippen LogP contribution in [0.2, 0.25) is 0 Å². The van der Waals surface area contributed by atoms with Gasteiger partial charge in [0, 0.05) is 11.1 Å². The quantitative estimate of drug-likeness (QED) is 0.648. The Morgan fingerprint density at radius 3 is 1.94 bits per heavy atom. The average Bonchev–Trinajstić information content (AvgIpc) is 2.47. The van der Waals surface area contributed by atoms with Gasteiger partial charge in [-0.1, -0.05) is 0 Å². The van der Waals surface area contributed by atoms with Crippen molar-refractivity contribution >= 4 is 17.9 Å². The first-order chi connectivity index (χ1) is 7.90. The van der Waals surface area contributed by atoms with E-state index < -0.39 is 37.2 Å². The summed E-state index contributed by atoms with van der Waals surface area (Å²) in [5.41, 5.74) is 0.318. The van der Waals surface area contributed by atoms with Crippen LogP contribution < -0.4 is 0 Å². The molecule has 0 radical (unpaired) electrons. The van der Waals surface area contributed by atoms with E-state index >= 15 is 0 Å². The molecule has 1 aromatic heterocycles. The molecule has 0 spiro atoms. The second-order valence-electron chi connectivity index (χ2n) is 3.37. The third-order valence-electron chi connectivity index (χ3n) is 2.05. The number of furan rings is 1. The fraction of sp³-hybridized carbons (Fsp3) is 0.300. The van der Waals surface area contributed by atoms with Crippen LogP contribution in [0.5, 0.6) is 0 Å². The van der Waals surface area contributed by atoms with Gasteiger partial charge in [0.2, 0.25) is 0 Å². The Balaban J connectivity index is 3.04. The zero-order chi connectivity index (χ0) is 13.0. The van der Waals surface area contributed by atoms with Gasteiger partial charge in [-0.15, -0.1) is 0 Å². The molecule has 0 fully saturated rings. The molecule has 0 aliphatic carbocycles. The van der Waals surface area contributed by atoms with Gasteiger partial charge in [-0.3, -0.25) is 14.4 Å². The van der Waals surface area contributed by atoms with Crippen LogP contribution in [0.15, 0.2) is 10.7 Å². The van der Waals surface area contributed by atoms with Gasteiger partial charge < -0.3 is 19.7 Å². The topological polar surface area (TPSA) is 125 Å². The van der Waals surface area contributed by atoms with Gasteiger partial charge in [-0.05, 0) is 0 Å². The number of rotatable bonds is 6. The van der Waals surface area contributed by atoms with E-state index in [9.17, 15) is 14.4 Å².